The Balaban J connectivity index is 2.75. The minimum Gasteiger partial charge on any atom is -0.249 e. The molecule has 0 bridgehead atoms. The Morgan fingerprint density at radius 2 is 2.31 bits per heavy atom. The first-order valence-corrected chi connectivity index (χ1v) is 6.39. The molecule has 1 aromatic rings. The van der Waals surface area contributed by atoms with Gasteiger partial charge in [-0.1, -0.05) is 6.92 Å². The molecule has 0 spiro atoms. The van der Waals surface area contributed by atoms with Crippen molar-refractivity contribution < 1.29 is 8.42 Å². The molecule has 4 nitrogen and oxygen atoms in total. The first-order chi connectivity index (χ1) is 6.07. The standard InChI is InChI=1S/C7H12N2O2S2/c1-3-7-9-4-6(12-7)5-13(10,11)8-2/h4,8H,3,5H2,1-2H3. The van der Waals surface area contributed by atoms with Crippen molar-refractivity contribution in [2.45, 2.75) is 19.1 Å². The summed E-state index contributed by atoms with van der Waals surface area (Å²) in [4.78, 5) is 4.86. The molecule has 1 rings (SSSR count). The highest BCUT2D eigenvalue weighted by Crippen LogP contribution is 2.15. The summed E-state index contributed by atoms with van der Waals surface area (Å²) in [5, 5.41) is 0.973. The smallest absolute Gasteiger partial charge is 0.216 e. The van der Waals surface area contributed by atoms with E-state index in [0.29, 0.717) is 0 Å². The number of hydrogen-bond donors (Lipinski definition) is 1. The molecule has 0 amide bonds. The number of nitrogens with one attached hydrogen (secondary N) is 1. The summed E-state index contributed by atoms with van der Waals surface area (Å²) in [5.74, 6) is 0.0289. The van der Waals surface area contributed by atoms with Crippen molar-refractivity contribution in [1.29, 1.82) is 0 Å². The normalized spacial score (nSPS) is 11.8. The summed E-state index contributed by atoms with van der Waals surface area (Å²) in [5.41, 5.74) is 0. The van der Waals surface area contributed by atoms with Crippen molar-refractivity contribution in [3.05, 3.63) is 16.1 Å². The summed E-state index contributed by atoms with van der Waals surface area (Å²) in [6.45, 7) is 2.00. The Hall–Kier alpha value is -0.460. The number of rotatable bonds is 4. The first kappa shape index (κ1) is 10.6. The second-order valence-corrected chi connectivity index (χ2v) is 5.66. The summed E-state index contributed by atoms with van der Waals surface area (Å²) in [7, 11) is -1.73. The summed E-state index contributed by atoms with van der Waals surface area (Å²) in [6.07, 6.45) is 2.47. The van der Waals surface area contributed by atoms with Crippen LogP contribution in [-0.2, 0) is 22.2 Å². The lowest BCUT2D eigenvalue weighted by atomic mass is 10.5. The molecule has 6 heteroatoms. The van der Waals surface area contributed by atoms with E-state index in [9.17, 15) is 8.42 Å². The van der Waals surface area contributed by atoms with Crippen LogP contribution in [-0.4, -0.2) is 20.4 Å². The fourth-order valence-electron chi connectivity index (χ4n) is 0.838. The largest absolute Gasteiger partial charge is 0.249 e. The Kier molecular flexibility index (Phi) is 3.40. The van der Waals surface area contributed by atoms with Crippen LogP contribution < -0.4 is 4.72 Å². The zero-order valence-electron chi connectivity index (χ0n) is 7.57. The fraction of sp³-hybridized carbons (Fsp3) is 0.571. The Morgan fingerprint density at radius 1 is 1.62 bits per heavy atom. The first-order valence-electron chi connectivity index (χ1n) is 3.92. The van der Waals surface area contributed by atoms with Gasteiger partial charge in [0.15, 0.2) is 0 Å². The molecule has 0 atom stereocenters. The zero-order valence-corrected chi connectivity index (χ0v) is 9.20. The van der Waals surface area contributed by atoms with Crippen LogP contribution in [0.25, 0.3) is 0 Å². The molecule has 1 N–H and O–H groups in total. The van der Waals surface area contributed by atoms with Gasteiger partial charge in [0.1, 0.15) is 5.75 Å². The van der Waals surface area contributed by atoms with Gasteiger partial charge < -0.3 is 0 Å². The van der Waals surface area contributed by atoms with E-state index in [1.54, 1.807) is 6.20 Å². The number of thiazole rings is 1. The van der Waals surface area contributed by atoms with Crippen LogP contribution in [0.15, 0.2) is 6.20 Å². The molecular weight excluding hydrogens is 208 g/mol. The number of hydrogen-bond acceptors (Lipinski definition) is 4. The molecule has 0 fully saturated rings. The second kappa shape index (κ2) is 4.17. The van der Waals surface area contributed by atoms with Crippen molar-refractivity contribution in [2.75, 3.05) is 7.05 Å². The van der Waals surface area contributed by atoms with Gasteiger partial charge in [0.2, 0.25) is 10.0 Å². The maximum Gasteiger partial charge on any atom is 0.216 e. The molecule has 0 aromatic carbocycles. The van der Waals surface area contributed by atoms with E-state index in [-0.39, 0.29) is 5.75 Å². The third-order valence-corrected chi connectivity index (χ3v) is 4.18. The van der Waals surface area contributed by atoms with Gasteiger partial charge >= 0.3 is 0 Å². The van der Waals surface area contributed by atoms with Crippen LogP contribution in [0.3, 0.4) is 0 Å². The maximum absolute atomic E-state index is 11.1. The third kappa shape index (κ3) is 3.06. The average Bonchev–Trinajstić information content (AvgIpc) is 2.52. The fourth-order valence-corrected chi connectivity index (χ4v) is 2.79. The predicted octanol–water partition coefficient (Wildman–Crippen LogP) is 0.755. The SMILES string of the molecule is CCc1ncc(CS(=O)(=O)NC)s1. The van der Waals surface area contributed by atoms with Gasteiger partial charge in [0.25, 0.3) is 0 Å². The molecular formula is C7H12N2O2S2. The lowest BCUT2D eigenvalue weighted by Gasteiger charge is -1.97. The Labute approximate surface area is 82.1 Å². The molecule has 0 saturated heterocycles. The monoisotopic (exact) mass is 220 g/mol. The van der Waals surface area contributed by atoms with Gasteiger partial charge in [-0.25, -0.2) is 18.1 Å². The second-order valence-electron chi connectivity index (χ2n) is 2.54. The molecule has 0 radical (unpaired) electrons. The van der Waals surface area contributed by atoms with Crippen molar-refractivity contribution in [3.8, 4) is 0 Å². The van der Waals surface area contributed by atoms with E-state index in [1.807, 2.05) is 6.92 Å². The van der Waals surface area contributed by atoms with Crippen LogP contribution in [0.1, 0.15) is 16.8 Å². The molecule has 0 aliphatic rings. The molecule has 0 aliphatic heterocycles. The van der Waals surface area contributed by atoms with Gasteiger partial charge in [0, 0.05) is 11.1 Å². The highest BCUT2D eigenvalue weighted by atomic mass is 32.2. The molecule has 74 valence electrons. The number of sulfonamides is 1. The van der Waals surface area contributed by atoms with E-state index >= 15 is 0 Å². The van der Waals surface area contributed by atoms with E-state index in [2.05, 4.69) is 9.71 Å². The molecule has 0 saturated carbocycles. The van der Waals surface area contributed by atoms with Gasteiger partial charge in [-0.3, -0.25) is 0 Å². The van der Waals surface area contributed by atoms with Crippen molar-refractivity contribution >= 4 is 21.4 Å². The van der Waals surface area contributed by atoms with Gasteiger partial charge in [0.05, 0.1) is 5.01 Å². The summed E-state index contributed by atoms with van der Waals surface area (Å²) < 4.78 is 24.5. The molecule has 13 heavy (non-hydrogen) atoms. The number of aromatic nitrogens is 1. The topological polar surface area (TPSA) is 59.1 Å². The van der Waals surface area contributed by atoms with Gasteiger partial charge in [-0.05, 0) is 13.5 Å². The van der Waals surface area contributed by atoms with Crippen LogP contribution in [0.5, 0.6) is 0 Å². The summed E-state index contributed by atoms with van der Waals surface area (Å²) in [6, 6.07) is 0. The number of nitrogens with zero attached hydrogens (tertiary/aromatic N) is 1. The maximum atomic E-state index is 11.1. The van der Waals surface area contributed by atoms with E-state index in [4.69, 9.17) is 0 Å². The van der Waals surface area contributed by atoms with Crippen LogP contribution in [0, 0.1) is 0 Å². The van der Waals surface area contributed by atoms with Crippen molar-refractivity contribution in [2.24, 2.45) is 0 Å². The van der Waals surface area contributed by atoms with E-state index in [1.165, 1.54) is 18.4 Å². The predicted molar refractivity (Wildman–Crippen MR) is 53.2 cm³/mol. The van der Waals surface area contributed by atoms with Gasteiger partial charge in [-0.2, -0.15) is 0 Å². The minimum absolute atomic E-state index is 0.0289. The highest BCUT2D eigenvalue weighted by Gasteiger charge is 2.10. The molecule has 0 aliphatic carbocycles. The van der Waals surface area contributed by atoms with Crippen molar-refractivity contribution in [3.63, 3.8) is 0 Å². The van der Waals surface area contributed by atoms with Crippen LogP contribution >= 0.6 is 11.3 Å². The number of aryl methyl sites for hydroxylation is 1. The lowest BCUT2D eigenvalue weighted by Crippen LogP contribution is -2.19. The average molecular weight is 220 g/mol. The quantitative estimate of drug-likeness (QED) is 0.814. The summed E-state index contributed by atoms with van der Waals surface area (Å²) >= 11 is 1.44. The minimum atomic E-state index is -3.15. The molecule has 1 aromatic heterocycles. The molecule has 0 unspecified atom stereocenters. The third-order valence-electron chi connectivity index (χ3n) is 1.55. The van der Waals surface area contributed by atoms with E-state index < -0.39 is 10.0 Å². The zero-order chi connectivity index (χ0) is 9.90. The van der Waals surface area contributed by atoms with Crippen LogP contribution in [0.2, 0.25) is 0 Å². The Morgan fingerprint density at radius 3 is 2.77 bits per heavy atom. The van der Waals surface area contributed by atoms with Crippen LogP contribution in [0.4, 0.5) is 0 Å². The highest BCUT2D eigenvalue weighted by molar-refractivity contribution is 7.88. The molecule has 1 heterocycles. The van der Waals surface area contributed by atoms with Crippen molar-refractivity contribution in [1.82, 2.24) is 9.71 Å². The Bertz CT molecular complexity index is 370. The van der Waals surface area contributed by atoms with E-state index in [0.717, 1.165) is 16.3 Å². The lowest BCUT2D eigenvalue weighted by molar-refractivity contribution is 0.588. The van der Waals surface area contributed by atoms with Gasteiger partial charge in [-0.15, -0.1) is 11.3 Å².